The summed E-state index contributed by atoms with van der Waals surface area (Å²) in [5.41, 5.74) is 0.971. The first-order chi connectivity index (χ1) is 8.08. The summed E-state index contributed by atoms with van der Waals surface area (Å²) in [6, 6.07) is 0. The van der Waals surface area contributed by atoms with E-state index in [1.54, 1.807) is 0 Å². The molecule has 1 fully saturated rings. The van der Waals surface area contributed by atoms with E-state index in [0.29, 0.717) is 22.1 Å². The Balaban J connectivity index is 2.28. The molecule has 0 saturated heterocycles. The molecule has 1 saturated carbocycles. The molecule has 0 amide bonds. The Morgan fingerprint density at radius 2 is 1.65 bits per heavy atom. The lowest BCUT2D eigenvalue weighted by Crippen LogP contribution is -2.06. The molecule has 1 aromatic rings. The number of hydrogen-bond acceptors (Lipinski definition) is 2. The van der Waals surface area contributed by atoms with E-state index in [0.717, 1.165) is 30.7 Å². The summed E-state index contributed by atoms with van der Waals surface area (Å²) in [6.45, 7) is 4.27. The highest BCUT2D eigenvalue weighted by molar-refractivity contribution is 6.34. The van der Waals surface area contributed by atoms with Crippen molar-refractivity contribution in [3.8, 4) is 0 Å². The summed E-state index contributed by atoms with van der Waals surface area (Å²) < 4.78 is 0. The zero-order chi connectivity index (χ0) is 12.4. The summed E-state index contributed by atoms with van der Waals surface area (Å²) in [5, 5.41) is 1.13. The minimum absolute atomic E-state index is 0.461. The molecule has 0 aromatic carbocycles. The zero-order valence-corrected chi connectivity index (χ0v) is 11.9. The van der Waals surface area contributed by atoms with E-state index < -0.39 is 0 Å². The van der Waals surface area contributed by atoms with Crippen LogP contribution in [0, 0.1) is 5.92 Å². The Kier molecular flexibility index (Phi) is 4.26. The number of halogens is 2. The normalized spacial score (nSPS) is 17.0. The van der Waals surface area contributed by atoms with Crippen LogP contribution in [0.2, 0.25) is 10.3 Å². The average Bonchev–Trinajstić information content (AvgIpc) is 2.68. The van der Waals surface area contributed by atoms with E-state index in [2.05, 4.69) is 23.8 Å². The lowest BCUT2D eigenvalue weighted by Gasteiger charge is -2.14. The standard InChI is InChI=1S/C13H18Cl2N2/c1-8(2)7-10-16-12(14)11(13(15)17-10)9-5-3-4-6-9/h8-9H,3-7H2,1-2H3. The summed E-state index contributed by atoms with van der Waals surface area (Å²) in [7, 11) is 0. The first-order valence-corrected chi connectivity index (χ1v) is 7.05. The van der Waals surface area contributed by atoms with Gasteiger partial charge in [-0.15, -0.1) is 0 Å². The van der Waals surface area contributed by atoms with Gasteiger partial charge in [0.05, 0.1) is 0 Å². The second-order valence-electron chi connectivity index (χ2n) is 5.21. The minimum Gasteiger partial charge on any atom is -0.221 e. The molecule has 4 heteroatoms. The third kappa shape index (κ3) is 3.11. The van der Waals surface area contributed by atoms with E-state index >= 15 is 0 Å². The van der Waals surface area contributed by atoms with Crippen LogP contribution in [-0.2, 0) is 6.42 Å². The molecule has 2 nitrogen and oxygen atoms in total. The highest BCUT2D eigenvalue weighted by Gasteiger charge is 2.24. The minimum atomic E-state index is 0.461. The molecule has 0 N–H and O–H groups in total. The van der Waals surface area contributed by atoms with Crippen molar-refractivity contribution in [2.75, 3.05) is 0 Å². The van der Waals surface area contributed by atoms with E-state index in [4.69, 9.17) is 23.2 Å². The van der Waals surface area contributed by atoms with Gasteiger partial charge in [0.1, 0.15) is 16.1 Å². The third-order valence-corrected chi connectivity index (χ3v) is 3.83. The molecule has 17 heavy (non-hydrogen) atoms. The van der Waals surface area contributed by atoms with E-state index in [9.17, 15) is 0 Å². The fraction of sp³-hybridized carbons (Fsp3) is 0.692. The molecule has 0 radical (unpaired) electrons. The third-order valence-electron chi connectivity index (χ3n) is 3.25. The molecule has 1 heterocycles. The maximum absolute atomic E-state index is 6.26. The number of nitrogens with zero attached hydrogens (tertiary/aromatic N) is 2. The quantitative estimate of drug-likeness (QED) is 0.750. The Labute approximate surface area is 113 Å². The van der Waals surface area contributed by atoms with Crippen molar-refractivity contribution in [1.82, 2.24) is 9.97 Å². The highest BCUT2D eigenvalue weighted by atomic mass is 35.5. The zero-order valence-electron chi connectivity index (χ0n) is 10.3. The van der Waals surface area contributed by atoms with Gasteiger partial charge < -0.3 is 0 Å². The molecule has 1 aliphatic rings. The molecule has 94 valence electrons. The Bertz CT molecular complexity index is 375. The van der Waals surface area contributed by atoms with Crippen LogP contribution in [-0.4, -0.2) is 9.97 Å². The van der Waals surface area contributed by atoms with Gasteiger partial charge in [0, 0.05) is 12.0 Å². The van der Waals surface area contributed by atoms with Gasteiger partial charge in [-0.05, 0) is 24.7 Å². The lowest BCUT2D eigenvalue weighted by atomic mass is 10.0. The maximum Gasteiger partial charge on any atom is 0.137 e. The van der Waals surface area contributed by atoms with Gasteiger partial charge in [0.2, 0.25) is 0 Å². The molecular weight excluding hydrogens is 255 g/mol. The molecule has 0 aliphatic heterocycles. The van der Waals surface area contributed by atoms with E-state index in [-0.39, 0.29) is 0 Å². The first kappa shape index (κ1) is 13.1. The fourth-order valence-corrected chi connectivity index (χ4v) is 3.20. The van der Waals surface area contributed by atoms with Gasteiger partial charge >= 0.3 is 0 Å². The molecular formula is C13H18Cl2N2. The number of hydrogen-bond donors (Lipinski definition) is 0. The van der Waals surface area contributed by atoms with Crippen LogP contribution < -0.4 is 0 Å². The average molecular weight is 273 g/mol. The van der Waals surface area contributed by atoms with Crippen LogP contribution >= 0.6 is 23.2 Å². The second kappa shape index (κ2) is 5.53. The van der Waals surface area contributed by atoms with Gasteiger partial charge in [-0.25, -0.2) is 9.97 Å². The molecule has 2 rings (SSSR count). The van der Waals surface area contributed by atoms with Crippen LogP contribution in [0.5, 0.6) is 0 Å². The molecule has 0 atom stereocenters. The van der Waals surface area contributed by atoms with Crippen molar-refractivity contribution >= 4 is 23.2 Å². The van der Waals surface area contributed by atoms with Crippen LogP contribution in [0.1, 0.15) is 56.8 Å². The Hall–Kier alpha value is -0.340. The van der Waals surface area contributed by atoms with Crippen molar-refractivity contribution in [2.24, 2.45) is 5.92 Å². The summed E-state index contributed by atoms with van der Waals surface area (Å²) in [5.74, 6) is 1.74. The van der Waals surface area contributed by atoms with Crippen molar-refractivity contribution < 1.29 is 0 Å². The molecule has 0 spiro atoms. The number of aromatic nitrogens is 2. The maximum atomic E-state index is 6.26. The van der Waals surface area contributed by atoms with Gasteiger partial charge in [-0.1, -0.05) is 49.9 Å². The van der Waals surface area contributed by atoms with Gasteiger partial charge in [-0.2, -0.15) is 0 Å². The SMILES string of the molecule is CC(C)Cc1nc(Cl)c(C2CCCC2)c(Cl)n1. The summed E-state index contributed by atoms with van der Waals surface area (Å²) >= 11 is 12.5. The lowest BCUT2D eigenvalue weighted by molar-refractivity contribution is 0.616. The van der Waals surface area contributed by atoms with E-state index in [1.165, 1.54) is 12.8 Å². The summed E-state index contributed by atoms with van der Waals surface area (Å²) in [6.07, 6.45) is 5.65. The fourth-order valence-electron chi connectivity index (χ4n) is 2.46. The molecule has 1 aliphatic carbocycles. The Morgan fingerprint density at radius 1 is 1.12 bits per heavy atom. The molecule has 1 aromatic heterocycles. The first-order valence-electron chi connectivity index (χ1n) is 6.29. The van der Waals surface area contributed by atoms with Gasteiger partial charge in [0.25, 0.3) is 0 Å². The second-order valence-corrected chi connectivity index (χ2v) is 5.93. The molecule has 0 unspecified atom stereocenters. The van der Waals surface area contributed by atoms with Crippen LogP contribution in [0.3, 0.4) is 0 Å². The van der Waals surface area contributed by atoms with Gasteiger partial charge in [0.15, 0.2) is 0 Å². The Morgan fingerprint density at radius 3 is 2.12 bits per heavy atom. The monoisotopic (exact) mass is 272 g/mol. The molecule has 0 bridgehead atoms. The summed E-state index contributed by atoms with van der Waals surface area (Å²) in [4.78, 5) is 8.78. The van der Waals surface area contributed by atoms with Crippen molar-refractivity contribution in [3.05, 3.63) is 21.7 Å². The number of rotatable bonds is 3. The predicted octanol–water partition coefficient (Wildman–Crippen LogP) is 4.64. The van der Waals surface area contributed by atoms with Crippen LogP contribution in [0.15, 0.2) is 0 Å². The highest BCUT2D eigenvalue weighted by Crippen LogP contribution is 2.39. The largest absolute Gasteiger partial charge is 0.221 e. The van der Waals surface area contributed by atoms with Crippen molar-refractivity contribution in [3.63, 3.8) is 0 Å². The van der Waals surface area contributed by atoms with Crippen molar-refractivity contribution in [1.29, 1.82) is 0 Å². The van der Waals surface area contributed by atoms with Crippen LogP contribution in [0.25, 0.3) is 0 Å². The smallest absolute Gasteiger partial charge is 0.137 e. The van der Waals surface area contributed by atoms with Crippen molar-refractivity contribution in [2.45, 2.75) is 51.9 Å². The van der Waals surface area contributed by atoms with Gasteiger partial charge in [-0.3, -0.25) is 0 Å². The topological polar surface area (TPSA) is 25.8 Å². The van der Waals surface area contributed by atoms with E-state index in [1.807, 2.05) is 0 Å². The predicted molar refractivity (Wildman–Crippen MR) is 71.8 cm³/mol. The van der Waals surface area contributed by atoms with Crippen LogP contribution in [0.4, 0.5) is 0 Å².